The first kappa shape index (κ1) is 18.9. The van der Waals surface area contributed by atoms with E-state index in [2.05, 4.69) is 0 Å². The van der Waals surface area contributed by atoms with Crippen molar-refractivity contribution in [2.45, 2.75) is 32.1 Å². The molecule has 1 aromatic carbocycles. The second kappa shape index (κ2) is 6.68. The maximum Gasteiger partial charge on any atom is 0.411 e. The van der Waals surface area contributed by atoms with Crippen molar-refractivity contribution in [2.24, 2.45) is 0 Å². The fourth-order valence-electron chi connectivity index (χ4n) is 3.67. The van der Waals surface area contributed by atoms with E-state index in [9.17, 15) is 14.2 Å². The van der Waals surface area contributed by atoms with E-state index in [0.717, 1.165) is 0 Å². The van der Waals surface area contributed by atoms with Crippen LogP contribution in [0.4, 0.5) is 10.5 Å². The van der Waals surface area contributed by atoms with Gasteiger partial charge in [0.1, 0.15) is 0 Å². The van der Waals surface area contributed by atoms with Gasteiger partial charge in [-0.15, -0.1) is 0 Å². The molecule has 1 saturated heterocycles. The number of hydrogen-bond donors (Lipinski definition) is 0. The molecule has 0 aliphatic carbocycles. The normalized spacial score (nSPS) is 24.2. The molecule has 26 heavy (non-hydrogen) atoms. The minimum atomic E-state index is -3.77. The molecule has 1 spiro atoms. The smallest absolute Gasteiger partial charge is 0.411 e. The van der Waals surface area contributed by atoms with Crippen LogP contribution in [0, 0.1) is 0 Å². The molecule has 0 radical (unpaired) electrons. The van der Waals surface area contributed by atoms with Gasteiger partial charge in [-0.1, -0.05) is 18.2 Å². The third-order valence-electron chi connectivity index (χ3n) is 4.62. The highest BCUT2D eigenvalue weighted by Gasteiger charge is 2.82. The lowest BCUT2D eigenvalue weighted by Crippen LogP contribution is -2.34. The lowest BCUT2D eigenvalue weighted by molar-refractivity contribution is -0.121. The van der Waals surface area contributed by atoms with Crippen molar-refractivity contribution in [3.63, 3.8) is 0 Å². The highest BCUT2D eigenvalue weighted by atomic mass is 31.2. The standard InChI is InChI=1S/C17H23N2O6P/c1-5-23-16(21)19-15(26(22,24-6-2)25-7-3)17(19)12-10-8-9-11-13(12)18(4)14(17)20/h8-11,15H,5-7H2,1-4H3. The Morgan fingerprint density at radius 3 is 2.35 bits per heavy atom. The van der Waals surface area contributed by atoms with Gasteiger partial charge in [-0.3, -0.25) is 14.3 Å². The van der Waals surface area contributed by atoms with Crippen LogP contribution in [0.2, 0.25) is 0 Å². The van der Waals surface area contributed by atoms with Gasteiger partial charge < -0.3 is 18.7 Å². The summed E-state index contributed by atoms with van der Waals surface area (Å²) in [5.74, 6) is -1.40. The molecule has 1 fully saturated rings. The Balaban J connectivity index is 2.16. The number of benzene rings is 1. The first-order valence-electron chi connectivity index (χ1n) is 8.62. The Bertz CT molecular complexity index is 774. The van der Waals surface area contributed by atoms with Gasteiger partial charge in [0.15, 0.2) is 11.3 Å². The summed E-state index contributed by atoms with van der Waals surface area (Å²) in [6.45, 7) is 5.44. The van der Waals surface area contributed by atoms with Crippen molar-refractivity contribution >= 4 is 25.3 Å². The lowest BCUT2D eigenvalue weighted by Gasteiger charge is -2.17. The van der Waals surface area contributed by atoms with Crippen LogP contribution in [0.15, 0.2) is 24.3 Å². The van der Waals surface area contributed by atoms with Crippen molar-refractivity contribution in [2.75, 3.05) is 31.8 Å². The quantitative estimate of drug-likeness (QED) is 0.556. The Morgan fingerprint density at radius 1 is 1.15 bits per heavy atom. The molecule has 8 nitrogen and oxygen atoms in total. The summed E-state index contributed by atoms with van der Waals surface area (Å²) in [5, 5.41) is 0. The Kier molecular flexibility index (Phi) is 4.86. The van der Waals surface area contributed by atoms with Gasteiger partial charge in [-0.2, -0.15) is 0 Å². The number of ether oxygens (including phenoxy) is 1. The largest absolute Gasteiger partial charge is 0.450 e. The molecule has 0 saturated carbocycles. The van der Waals surface area contributed by atoms with Gasteiger partial charge >= 0.3 is 13.7 Å². The van der Waals surface area contributed by atoms with Crippen LogP contribution in [0.1, 0.15) is 26.3 Å². The number of carbonyl (C=O) groups excluding carboxylic acids is 2. The maximum atomic E-state index is 13.5. The lowest BCUT2D eigenvalue weighted by atomic mass is 10.0. The van der Waals surface area contributed by atoms with Crippen molar-refractivity contribution in [1.29, 1.82) is 0 Å². The molecule has 9 heteroatoms. The molecule has 2 aliphatic heterocycles. The monoisotopic (exact) mass is 382 g/mol. The topological polar surface area (TPSA) is 85.1 Å². The van der Waals surface area contributed by atoms with E-state index < -0.39 is 25.0 Å². The highest BCUT2D eigenvalue weighted by Crippen LogP contribution is 2.73. The summed E-state index contributed by atoms with van der Waals surface area (Å²) in [6.07, 6.45) is -0.712. The number of likely N-dealkylation sites (N-methyl/N-ethyl adjacent to an activating group) is 1. The van der Waals surface area contributed by atoms with Gasteiger partial charge in [-0.05, 0) is 26.8 Å². The molecular formula is C17H23N2O6P. The molecule has 2 amide bonds. The average molecular weight is 382 g/mol. The van der Waals surface area contributed by atoms with Gasteiger partial charge in [0.2, 0.25) is 0 Å². The number of amides is 2. The Labute approximate surface area is 152 Å². The van der Waals surface area contributed by atoms with Crippen LogP contribution in [0.3, 0.4) is 0 Å². The fraction of sp³-hybridized carbons (Fsp3) is 0.529. The molecule has 142 valence electrons. The Morgan fingerprint density at radius 2 is 1.77 bits per heavy atom. The summed E-state index contributed by atoms with van der Waals surface area (Å²) in [4.78, 5) is 28.4. The van der Waals surface area contributed by atoms with E-state index in [4.69, 9.17) is 13.8 Å². The van der Waals surface area contributed by atoms with Crippen molar-refractivity contribution in [3.05, 3.63) is 29.8 Å². The minimum absolute atomic E-state index is 0.131. The van der Waals surface area contributed by atoms with Gasteiger partial charge in [0.05, 0.1) is 19.8 Å². The molecule has 0 bridgehead atoms. The first-order chi connectivity index (χ1) is 12.4. The van der Waals surface area contributed by atoms with Crippen LogP contribution in [-0.4, -0.2) is 49.6 Å². The zero-order valence-electron chi connectivity index (χ0n) is 15.3. The number of hydrogen-bond acceptors (Lipinski definition) is 6. The number of nitrogens with zero attached hydrogens (tertiary/aromatic N) is 2. The molecular weight excluding hydrogens is 359 g/mol. The number of carbonyl (C=O) groups is 2. The predicted octanol–water partition coefficient (Wildman–Crippen LogP) is 2.92. The van der Waals surface area contributed by atoms with Crippen molar-refractivity contribution in [3.8, 4) is 0 Å². The molecule has 0 aromatic heterocycles. The third kappa shape index (κ3) is 2.40. The highest BCUT2D eigenvalue weighted by molar-refractivity contribution is 7.55. The van der Waals surface area contributed by atoms with E-state index in [1.807, 2.05) is 0 Å². The van der Waals surface area contributed by atoms with Gasteiger partial charge in [0.25, 0.3) is 5.91 Å². The Hall–Kier alpha value is -1.89. The number of fused-ring (bicyclic) bond motifs is 2. The van der Waals surface area contributed by atoms with Crippen LogP contribution >= 0.6 is 7.60 Å². The van der Waals surface area contributed by atoms with E-state index in [1.165, 1.54) is 9.80 Å². The molecule has 2 aliphatic rings. The molecule has 0 N–H and O–H groups in total. The average Bonchev–Trinajstić information content (AvgIpc) is 3.28. The van der Waals surface area contributed by atoms with Gasteiger partial charge in [-0.25, -0.2) is 4.79 Å². The minimum Gasteiger partial charge on any atom is -0.450 e. The molecule has 2 heterocycles. The third-order valence-corrected chi connectivity index (χ3v) is 7.06. The van der Waals surface area contributed by atoms with E-state index in [-0.39, 0.29) is 25.7 Å². The van der Waals surface area contributed by atoms with E-state index >= 15 is 0 Å². The van der Waals surface area contributed by atoms with E-state index in [1.54, 1.807) is 52.1 Å². The van der Waals surface area contributed by atoms with Gasteiger partial charge in [0, 0.05) is 18.3 Å². The molecule has 3 rings (SSSR count). The number of para-hydroxylation sites is 1. The number of anilines is 1. The van der Waals surface area contributed by atoms with Crippen LogP contribution < -0.4 is 4.90 Å². The summed E-state index contributed by atoms with van der Waals surface area (Å²) < 4.78 is 29.5. The zero-order valence-corrected chi connectivity index (χ0v) is 16.2. The summed E-state index contributed by atoms with van der Waals surface area (Å²) in [6, 6.07) is 7.12. The van der Waals surface area contributed by atoms with Crippen molar-refractivity contribution < 1.29 is 27.9 Å². The molecule has 2 unspecified atom stereocenters. The maximum absolute atomic E-state index is 13.5. The summed E-state index contributed by atoms with van der Waals surface area (Å²) >= 11 is 0. The predicted molar refractivity (Wildman–Crippen MR) is 95.0 cm³/mol. The van der Waals surface area contributed by atoms with Crippen LogP contribution in [-0.2, 0) is 28.7 Å². The van der Waals surface area contributed by atoms with Crippen molar-refractivity contribution in [1.82, 2.24) is 4.90 Å². The summed E-state index contributed by atoms with van der Waals surface area (Å²) in [7, 11) is -2.14. The second-order valence-electron chi connectivity index (χ2n) is 5.97. The molecule has 2 atom stereocenters. The van der Waals surface area contributed by atoms with Crippen LogP contribution in [0.25, 0.3) is 0 Å². The van der Waals surface area contributed by atoms with Crippen LogP contribution in [0.5, 0.6) is 0 Å². The molecule has 1 aromatic rings. The number of rotatable bonds is 6. The SMILES string of the molecule is CCOC(=O)N1C(P(=O)(OCC)OCC)C12C(=O)N(C)c1ccccc12. The second-order valence-corrected chi connectivity index (χ2v) is 8.05. The van der Waals surface area contributed by atoms with E-state index in [0.29, 0.717) is 11.3 Å². The first-order valence-corrected chi connectivity index (χ1v) is 10.2. The zero-order chi connectivity index (χ0) is 19.1. The summed E-state index contributed by atoms with van der Waals surface area (Å²) in [5.41, 5.74) is -0.156. The fourth-order valence-corrected chi connectivity index (χ4v) is 6.08.